The van der Waals surface area contributed by atoms with Crippen LogP contribution >= 0.6 is 0 Å². The van der Waals surface area contributed by atoms with Crippen molar-refractivity contribution in [3.63, 3.8) is 0 Å². The first-order valence-electron chi connectivity index (χ1n) is 11.1. The van der Waals surface area contributed by atoms with Crippen LogP contribution in [0.5, 0.6) is 5.75 Å². The quantitative estimate of drug-likeness (QED) is 0.540. The van der Waals surface area contributed by atoms with E-state index in [2.05, 4.69) is 15.1 Å². The van der Waals surface area contributed by atoms with Crippen LogP contribution in [-0.4, -0.2) is 56.0 Å². The zero-order valence-corrected chi connectivity index (χ0v) is 19.4. The van der Waals surface area contributed by atoms with Crippen molar-refractivity contribution in [3.8, 4) is 22.7 Å². The molecule has 1 fully saturated rings. The summed E-state index contributed by atoms with van der Waals surface area (Å²) < 4.78 is 40.9. The molecule has 0 radical (unpaired) electrons. The number of hydrogen-bond acceptors (Lipinski definition) is 6. The highest BCUT2D eigenvalue weighted by Crippen LogP contribution is 2.29. The zero-order valence-electron chi connectivity index (χ0n) is 19.4. The second kappa shape index (κ2) is 9.74. The Morgan fingerprint density at radius 2 is 1.85 bits per heavy atom. The molecule has 3 aromatic rings. The largest absolute Gasteiger partial charge is 0.489 e. The van der Waals surface area contributed by atoms with Gasteiger partial charge in [-0.1, -0.05) is 6.07 Å². The maximum Gasteiger partial charge on any atom is 0.410 e. The molecule has 8 nitrogen and oxygen atoms in total. The highest BCUT2D eigenvalue weighted by Gasteiger charge is 2.27. The van der Waals surface area contributed by atoms with E-state index >= 15 is 0 Å². The maximum atomic E-state index is 14.1. The van der Waals surface area contributed by atoms with Gasteiger partial charge in [-0.25, -0.2) is 28.2 Å². The molecule has 0 aliphatic carbocycles. The Hall–Kier alpha value is -3.56. The van der Waals surface area contributed by atoms with Crippen LogP contribution in [0, 0.1) is 17.6 Å². The number of piperidine rings is 1. The first-order valence-corrected chi connectivity index (χ1v) is 11.1. The summed E-state index contributed by atoms with van der Waals surface area (Å²) in [4.78, 5) is 22.3. The van der Waals surface area contributed by atoms with Crippen molar-refractivity contribution in [1.82, 2.24) is 24.6 Å². The summed E-state index contributed by atoms with van der Waals surface area (Å²) in [5, 5.41) is 4.10. The van der Waals surface area contributed by atoms with Crippen molar-refractivity contribution in [2.45, 2.75) is 39.2 Å². The Morgan fingerprint density at radius 1 is 1.15 bits per heavy atom. The highest BCUT2D eigenvalue weighted by molar-refractivity contribution is 5.68. The minimum Gasteiger partial charge on any atom is -0.489 e. The predicted molar refractivity (Wildman–Crippen MR) is 121 cm³/mol. The zero-order chi connectivity index (χ0) is 24.3. The number of para-hydroxylation sites is 1. The minimum atomic E-state index is -0.716. The number of aromatic nitrogens is 4. The standard InChI is InChI=1S/C24H27F2N5O3/c1-24(2,3)34-23(32)30-9-7-16(8-10-30)14-33-20-12-27-15-28-21(20)17-11-29-31(13-17)22-18(25)5-4-6-19(22)26/h4-6,11-13,15-16H,7-10,14H2,1-3H3. The average molecular weight is 472 g/mol. The third kappa shape index (κ3) is 5.49. The Balaban J connectivity index is 1.40. The van der Waals surface area contributed by atoms with Crippen LogP contribution < -0.4 is 4.74 Å². The fourth-order valence-corrected chi connectivity index (χ4v) is 3.73. The Labute approximate surface area is 196 Å². The molecule has 1 aliphatic heterocycles. The Kier molecular flexibility index (Phi) is 6.76. The van der Waals surface area contributed by atoms with E-state index in [4.69, 9.17) is 9.47 Å². The number of halogens is 2. The van der Waals surface area contributed by atoms with Crippen molar-refractivity contribution in [2.75, 3.05) is 19.7 Å². The van der Waals surface area contributed by atoms with Crippen molar-refractivity contribution >= 4 is 6.09 Å². The number of amides is 1. The van der Waals surface area contributed by atoms with Crippen molar-refractivity contribution in [1.29, 1.82) is 0 Å². The second-order valence-electron chi connectivity index (χ2n) is 9.20. The van der Waals surface area contributed by atoms with Gasteiger partial charge in [0, 0.05) is 24.8 Å². The van der Waals surface area contributed by atoms with Gasteiger partial charge >= 0.3 is 6.09 Å². The maximum absolute atomic E-state index is 14.1. The number of likely N-dealkylation sites (tertiary alicyclic amines) is 1. The van der Waals surface area contributed by atoms with Gasteiger partial charge in [0.1, 0.15) is 23.3 Å². The monoisotopic (exact) mass is 471 g/mol. The van der Waals surface area contributed by atoms with E-state index in [1.807, 2.05) is 20.8 Å². The van der Waals surface area contributed by atoms with Gasteiger partial charge in [-0.15, -0.1) is 0 Å². The smallest absolute Gasteiger partial charge is 0.410 e. The second-order valence-corrected chi connectivity index (χ2v) is 9.20. The van der Waals surface area contributed by atoms with Gasteiger partial charge in [0.2, 0.25) is 0 Å². The van der Waals surface area contributed by atoms with Gasteiger partial charge in [-0.05, 0) is 51.7 Å². The molecule has 1 aromatic carbocycles. The molecule has 34 heavy (non-hydrogen) atoms. The number of carbonyl (C=O) groups excluding carboxylic acids is 1. The predicted octanol–water partition coefficient (Wildman–Crippen LogP) is 4.63. The van der Waals surface area contributed by atoms with Crippen LogP contribution in [0.4, 0.5) is 13.6 Å². The third-order valence-corrected chi connectivity index (χ3v) is 5.44. The molecule has 0 saturated carbocycles. The van der Waals surface area contributed by atoms with Gasteiger partial charge < -0.3 is 14.4 Å². The van der Waals surface area contributed by atoms with E-state index in [0.29, 0.717) is 36.7 Å². The third-order valence-electron chi connectivity index (χ3n) is 5.44. The van der Waals surface area contributed by atoms with E-state index in [9.17, 15) is 13.6 Å². The molecule has 0 atom stereocenters. The first-order chi connectivity index (χ1) is 16.2. The molecule has 4 rings (SSSR count). The summed E-state index contributed by atoms with van der Waals surface area (Å²) in [7, 11) is 0. The Bertz CT molecular complexity index is 1130. The molecule has 1 aliphatic rings. The molecule has 2 aromatic heterocycles. The molecule has 1 saturated heterocycles. The van der Waals surface area contributed by atoms with Gasteiger partial charge in [-0.2, -0.15) is 5.10 Å². The fourth-order valence-electron chi connectivity index (χ4n) is 3.73. The van der Waals surface area contributed by atoms with Crippen LogP contribution in [0.25, 0.3) is 16.9 Å². The van der Waals surface area contributed by atoms with Crippen LogP contribution in [0.2, 0.25) is 0 Å². The highest BCUT2D eigenvalue weighted by atomic mass is 19.1. The molecule has 0 unspecified atom stereocenters. The lowest BCUT2D eigenvalue weighted by atomic mass is 9.98. The molecule has 0 N–H and O–H groups in total. The van der Waals surface area contributed by atoms with Crippen LogP contribution in [0.1, 0.15) is 33.6 Å². The summed E-state index contributed by atoms with van der Waals surface area (Å²) in [6.45, 7) is 7.17. The lowest BCUT2D eigenvalue weighted by Gasteiger charge is -2.33. The number of nitrogens with zero attached hydrogens (tertiary/aromatic N) is 5. The van der Waals surface area contributed by atoms with Gasteiger partial charge in [-0.3, -0.25) is 0 Å². The van der Waals surface area contributed by atoms with E-state index in [1.165, 1.54) is 36.9 Å². The summed E-state index contributed by atoms with van der Waals surface area (Å²) in [6, 6.07) is 3.65. The SMILES string of the molecule is CC(C)(C)OC(=O)N1CCC(COc2cncnc2-c2cnn(-c3c(F)cccc3F)c2)CC1. The van der Waals surface area contributed by atoms with E-state index in [0.717, 1.165) is 17.5 Å². The van der Waals surface area contributed by atoms with E-state index < -0.39 is 17.2 Å². The molecule has 3 heterocycles. The van der Waals surface area contributed by atoms with Crippen LogP contribution in [-0.2, 0) is 4.74 Å². The molecule has 0 bridgehead atoms. The van der Waals surface area contributed by atoms with E-state index in [-0.39, 0.29) is 17.7 Å². The molecular formula is C24H27F2N5O3. The van der Waals surface area contributed by atoms with Crippen molar-refractivity contribution in [3.05, 3.63) is 54.8 Å². The lowest BCUT2D eigenvalue weighted by molar-refractivity contribution is 0.0165. The normalized spacial score (nSPS) is 14.8. The number of carbonyl (C=O) groups is 1. The average Bonchev–Trinajstić information content (AvgIpc) is 3.26. The van der Waals surface area contributed by atoms with Gasteiger partial charge in [0.25, 0.3) is 0 Å². The number of hydrogen-bond donors (Lipinski definition) is 0. The van der Waals surface area contributed by atoms with E-state index in [1.54, 1.807) is 11.1 Å². The summed E-state index contributed by atoms with van der Waals surface area (Å²) >= 11 is 0. The molecule has 1 amide bonds. The fraction of sp³-hybridized carbons (Fsp3) is 0.417. The summed E-state index contributed by atoms with van der Waals surface area (Å²) in [5.74, 6) is -0.731. The Morgan fingerprint density at radius 3 is 2.53 bits per heavy atom. The number of benzene rings is 1. The molecular weight excluding hydrogens is 444 g/mol. The topological polar surface area (TPSA) is 82.4 Å². The lowest BCUT2D eigenvalue weighted by Crippen LogP contribution is -2.42. The summed E-state index contributed by atoms with van der Waals surface area (Å²) in [5.41, 5.74) is 0.234. The van der Waals surface area contributed by atoms with Crippen LogP contribution in [0.15, 0.2) is 43.1 Å². The molecule has 0 spiro atoms. The van der Waals surface area contributed by atoms with Crippen molar-refractivity contribution in [2.24, 2.45) is 5.92 Å². The van der Waals surface area contributed by atoms with Gasteiger partial charge in [0.05, 0.1) is 19.0 Å². The van der Waals surface area contributed by atoms with Gasteiger partial charge in [0.15, 0.2) is 17.4 Å². The molecule has 10 heteroatoms. The first kappa shape index (κ1) is 23.6. The summed E-state index contributed by atoms with van der Waals surface area (Å²) in [6.07, 6.45) is 7.17. The molecule has 180 valence electrons. The van der Waals surface area contributed by atoms with Crippen LogP contribution in [0.3, 0.4) is 0 Å². The number of rotatable bonds is 5. The number of ether oxygens (including phenoxy) is 2. The minimum absolute atomic E-state index is 0.252. The van der Waals surface area contributed by atoms with Crippen molar-refractivity contribution < 1.29 is 23.0 Å².